The van der Waals surface area contributed by atoms with Crippen molar-refractivity contribution >= 4 is 5.69 Å². The summed E-state index contributed by atoms with van der Waals surface area (Å²) in [5.74, 6) is 1.37. The lowest BCUT2D eigenvalue weighted by Gasteiger charge is -2.15. The second-order valence-corrected chi connectivity index (χ2v) is 6.33. The van der Waals surface area contributed by atoms with E-state index in [1.54, 1.807) is 36.7 Å². The molecule has 8 heteroatoms. The molecule has 132 valence electrons. The van der Waals surface area contributed by atoms with Crippen molar-refractivity contribution in [2.75, 3.05) is 13.1 Å². The van der Waals surface area contributed by atoms with Gasteiger partial charge < -0.3 is 4.42 Å². The first-order chi connectivity index (χ1) is 12.7. The first-order valence-corrected chi connectivity index (χ1v) is 8.38. The van der Waals surface area contributed by atoms with Crippen LogP contribution in [-0.2, 0) is 6.54 Å². The van der Waals surface area contributed by atoms with Crippen LogP contribution in [0.4, 0.5) is 5.69 Å². The van der Waals surface area contributed by atoms with Crippen molar-refractivity contribution in [1.29, 1.82) is 0 Å². The van der Waals surface area contributed by atoms with Gasteiger partial charge in [-0.3, -0.25) is 20.0 Å². The van der Waals surface area contributed by atoms with E-state index in [1.807, 2.05) is 12.1 Å². The molecule has 0 amide bonds. The molecule has 0 saturated carbocycles. The summed E-state index contributed by atoms with van der Waals surface area (Å²) in [7, 11) is 0. The fraction of sp³-hybridized carbons (Fsp3) is 0.278. The highest BCUT2D eigenvalue weighted by Gasteiger charge is 2.28. The Hall–Kier alpha value is -3.13. The van der Waals surface area contributed by atoms with Crippen molar-refractivity contribution < 1.29 is 9.34 Å². The van der Waals surface area contributed by atoms with Gasteiger partial charge in [-0.25, -0.2) is 0 Å². The Bertz CT molecular complexity index is 895. The predicted molar refractivity (Wildman–Crippen MR) is 93.3 cm³/mol. The standard InChI is InChI=1S/C18H17N5O3/c24-23(25)16-3-1-13(2-4-16)11-22-10-7-15(12-22)18-21-20-17(26-18)14-5-8-19-9-6-14/h1-6,8-9,15H,7,10-12H2/t15-/m0/s1. The molecule has 3 heterocycles. The summed E-state index contributed by atoms with van der Waals surface area (Å²) in [6.07, 6.45) is 4.34. The van der Waals surface area contributed by atoms with E-state index in [1.165, 1.54) is 0 Å². The molecule has 1 aliphatic heterocycles. The maximum absolute atomic E-state index is 10.7. The third kappa shape index (κ3) is 3.45. The average molecular weight is 351 g/mol. The lowest BCUT2D eigenvalue weighted by molar-refractivity contribution is -0.384. The number of nitro groups is 1. The fourth-order valence-electron chi connectivity index (χ4n) is 3.17. The lowest BCUT2D eigenvalue weighted by Crippen LogP contribution is -2.19. The van der Waals surface area contributed by atoms with Crippen LogP contribution in [0.1, 0.15) is 23.8 Å². The van der Waals surface area contributed by atoms with Gasteiger partial charge in [0.25, 0.3) is 5.69 Å². The van der Waals surface area contributed by atoms with E-state index in [-0.39, 0.29) is 16.5 Å². The van der Waals surface area contributed by atoms with Gasteiger partial charge in [0, 0.05) is 43.2 Å². The lowest BCUT2D eigenvalue weighted by atomic mass is 10.1. The third-order valence-corrected chi connectivity index (χ3v) is 4.54. The van der Waals surface area contributed by atoms with E-state index in [0.717, 1.165) is 37.2 Å². The van der Waals surface area contributed by atoms with Gasteiger partial charge in [-0.05, 0) is 30.7 Å². The molecule has 1 atom stereocenters. The number of nitro benzene ring substituents is 1. The van der Waals surface area contributed by atoms with Crippen molar-refractivity contribution in [1.82, 2.24) is 20.1 Å². The number of pyridine rings is 1. The van der Waals surface area contributed by atoms with Gasteiger partial charge in [-0.1, -0.05) is 12.1 Å². The molecule has 1 saturated heterocycles. The number of hydrogen-bond donors (Lipinski definition) is 0. The van der Waals surface area contributed by atoms with Crippen LogP contribution < -0.4 is 0 Å². The zero-order valence-electron chi connectivity index (χ0n) is 14.0. The second-order valence-electron chi connectivity index (χ2n) is 6.33. The number of benzene rings is 1. The highest BCUT2D eigenvalue weighted by atomic mass is 16.6. The van der Waals surface area contributed by atoms with Crippen molar-refractivity contribution in [2.45, 2.75) is 18.9 Å². The smallest absolute Gasteiger partial charge is 0.269 e. The minimum Gasteiger partial charge on any atom is -0.420 e. The van der Waals surface area contributed by atoms with Gasteiger partial charge in [0.1, 0.15) is 0 Å². The molecule has 0 unspecified atom stereocenters. The van der Waals surface area contributed by atoms with E-state index < -0.39 is 0 Å². The van der Waals surface area contributed by atoms with Crippen LogP contribution in [0.3, 0.4) is 0 Å². The van der Waals surface area contributed by atoms with Crippen LogP contribution in [-0.4, -0.2) is 38.1 Å². The number of nitrogens with zero attached hydrogens (tertiary/aromatic N) is 5. The van der Waals surface area contributed by atoms with Crippen LogP contribution in [0.15, 0.2) is 53.2 Å². The summed E-state index contributed by atoms with van der Waals surface area (Å²) in [5.41, 5.74) is 2.03. The van der Waals surface area contributed by atoms with Crippen LogP contribution in [0, 0.1) is 10.1 Å². The minimum absolute atomic E-state index is 0.113. The average Bonchev–Trinajstić information content (AvgIpc) is 3.32. The molecular weight excluding hydrogens is 334 g/mol. The zero-order chi connectivity index (χ0) is 17.9. The number of rotatable bonds is 5. The van der Waals surface area contributed by atoms with Crippen LogP contribution in [0.25, 0.3) is 11.5 Å². The Morgan fingerprint density at radius 3 is 2.65 bits per heavy atom. The maximum atomic E-state index is 10.7. The van der Waals surface area contributed by atoms with Crippen molar-refractivity contribution in [3.05, 3.63) is 70.4 Å². The largest absolute Gasteiger partial charge is 0.420 e. The summed E-state index contributed by atoms with van der Waals surface area (Å²) in [4.78, 5) is 16.6. The molecule has 1 fully saturated rings. The first kappa shape index (κ1) is 16.3. The Labute approximate surface area is 149 Å². The molecule has 8 nitrogen and oxygen atoms in total. The fourth-order valence-corrected chi connectivity index (χ4v) is 3.17. The summed E-state index contributed by atoms with van der Waals surface area (Å²) < 4.78 is 5.84. The molecule has 0 bridgehead atoms. The Kier molecular flexibility index (Phi) is 4.40. The molecule has 0 N–H and O–H groups in total. The monoisotopic (exact) mass is 351 g/mol. The molecule has 0 aliphatic carbocycles. The highest BCUT2D eigenvalue weighted by Crippen LogP contribution is 2.29. The normalized spacial score (nSPS) is 17.5. The van der Waals surface area contributed by atoms with Crippen LogP contribution in [0.5, 0.6) is 0 Å². The molecule has 26 heavy (non-hydrogen) atoms. The molecule has 1 aromatic carbocycles. The second kappa shape index (κ2) is 7.01. The molecular formula is C18H17N5O3. The van der Waals surface area contributed by atoms with Crippen molar-refractivity contribution in [3.63, 3.8) is 0 Å². The summed E-state index contributed by atoms with van der Waals surface area (Å²) in [6, 6.07) is 10.4. The Balaban J connectivity index is 1.39. The number of non-ortho nitro benzene ring substituents is 1. The van der Waals surface area contributed by atoms with E-state index >= 15 is 0 Å². The molecule has 4 rings (SSSR count). The first-order valence-electron chi connectivity index (χ1n) is 8.38. The summed E-state index contributed by atoms with van der Waals surface area (Å²) in [5, 5.41) is 19.1. The van der Waals surface area contributed by atoms with E-state index in [9.17, 15) is 10.1 Å². The molecule has 0 radical (unpaired) electrons. The molecule has 2 aromatic heterocycles. The Morgan fingerprint density at radius 2 is 1.92 bits per heavy atom. The maximum Gasteiger partial charge on any atom is 0.269 e. The predicted octanol–water partition coefficient (Wildman–Crippen LogP) is 3.03. The summed E-state index contributed by atoms with van der Waals surface area (Å²) >= 11 is 0. The Morgan fingerprint density at radius 1 is 1.15 bits per heavy atom. The topological polar surface area (TPSA) is 98.2 Å². The van der Waals surface area contributed by atoms with Crippen molar-refractivity contribution in [2.24, 2.45) is 0 Å². The third-order valence-electron chi connectivity index (χ3n) is 4.54. The van der Waals surface area contributed by atoms with Gasteiger partial charge in [-0.2, -0.15) is 0 Å². The highest BCUT2D eigenvalue weighted by molar-refractivity contribution is 5.50. The van der Waals surface area contributed by atoms with Crippen LogP contribution >= 0.6 is 0 Å². The molecule has 1 aliphatic rings. The number of aromatic nitrogens is 3. The zero-order valence-corrected chi connectivity index (χ0v) is 14.0. The summed E-state index contributed by atoms with van der Waals surface area (Å²) in [6.45, 7) is 2.50. The molecule has 0 spiro atoms. The molecule has 3 aromatic rings. The van der Waals surface area contributed by atoms with Gasteiger partial charge >= 0.3 is 0 Å². The van der Waals surface area contributed by atoms with Gasteiger partial charge in [-0.15, -0.1) is 10.2 Å². The van der Waals surface area contributed by atoms with Crippen molar-refractivity contribution in [3.8, 4) is 11.5 Å². The number of hydrogen-bond acceptors (Lipinski definition) is 7. The minimum atomic E-state index is -0.383. The SMILES string of the molecule is O=[N+]([O-])c1ccc(CN2CC[C@H](c3nnc(-c4ccncc4)o3)C2)cc1. The van der Waals surface area contributed by atoms with Gasteiger partial charge in [0.2, 0.25) is 11.8 Å². The van der Waals surface area contributed by atoms with E-state index in [4.69, 9.17) is 4.42 Å². The van der Waals surface area contributed by atoms with Gasteiger partial charge in [0.05, 0.1) is 10.8 Å². The number of likely N-dealkylation sites (tertiary alicyclic amines) is 1. The quantitative estimate of drug-likeness (QED) is 0.514. The van der Waals surface area contributed by atoms with E-state index in [2.05, 4.69) is 20.1 Å². The van der Waals surface area contributed by atoms with E-state index in [0.29, 0.717) is 11.8 Å². The van der Waals surface area contributed by atoms with Gasteiger partial charge in [0.15, 0.2) is 0 Å². The van der Waals surface area contributed by atoms with Crippen LogP contribution in [0.2, 0.25) is 0 Å².